The molecule has 1 aromatic heterocycles. The van der Waals surface area contributed by atoms with Crippen molar-refractivity contribution in [3.05, 3.63) is 40.6 Å². The van der Waals surface area contributed by atoms with Crippen molar-refractivity contribution in [2.24, 2.45) is 0 Å². The molecule has 1 aliphatic heterocycles. The number of carbonyl (C=O) groups is 1. The maximum absolute atomic E-state index is 14.3. The van der Waals surface area contributed by atoms with Gasteiger partial charge in [-0.05, 0) is 45.4 Å². The lowest BCUT2D eigenvalue weighted by atomic mass is 9.97. The molecule has 1 fully saturated rings. The summed E-state index contributed by atoms with van der Waals surface area (Å²) in [4.78, 5) is 11.5. The van der Waals surface area contributed by atoms with Crippen LogP contribution in [0.1, 0.15) is 43.6 Å². The molecule has 38 heavy (non-hydrogen) atoms. The molecular formula is C24H32F2N2O10. The van der Waals surface area contributed by atoms with Crippen molar-refractivity contribution in [2.75, 3.05) is 20.3 Å². The zero-order valence-corrected chi connectivity index (χ0v) is 21.6. The molecule has 5 atom stereocenters. The van der Waals surface area contributed by atoms with Crippen molar-refractivity contribution >= 4 is 6.16 Å². The van der Waals surface area contributed by atoms with Gasteiger partial charge in [0.15, 0.2) is 23.5 Å². The van der Waals surface area contributed by atoms with Gasteiger partial charge in [-0.25, -0.2) is 13.6 Å². The first-order valence-corrected chi connectivity index (χ1v) is 11.9. The van der Waals surface area contributed by atoms with E-state index in [9.17, 15) is 34.0 Å². The van der Waals surface area contributed by atoms with Crippen LogP contribution < -0.4 is 9.47 Å². The fourth-order valence-corrected chi connectivity index (χ4v) is 4.07. The summed E-state index contributed by atoms with van der Waals surface area (Å²) >= 11 is 0. The average molecular weight is 547 g/mol. The van der Waals surface area contributed by atoms with E-state index in [1.807, 2.05) is 13.8 Å². The molecule has 0 unspecified atom stereocenters. The van der Waals surface area contributed by atoms with E-state index in [1.165, 1.54) is 4.68 Å². The third-order valence-corrected chi connectivity index (χ3v) is 5.99. The first kappa shape index (κ1) is 29.5. The van der Waals surface area contributed by atoms with Gasteiger partial charge in [-0.3, -0.25) is 4.68 Å². The fourth-order valence-electron chi connectivity index (χ4n) is 4.07. The Morgan fingerprint density at radius 3 is 2.37 bits per heavy atom. The Balaban J connectivity index is 1.95. The second-order valence-electron chi connectivity index (χ2n) is 8.99. The molecule has 0 radical (unpaired) electrons. The van der Waals surface area contributed by atoms with Crippen molar-refractivity contribution in [1.29, 1.82) is 0 Å². The summed E-state index contributed by atoms with van der Waals surface area (Å²) in [6.07, 6.45) is -8.68. The minimum Gasteiger partial charge on any atom is -0.491 e. The molecule has 0 bridgehead atoms. The largest absolute Gasteiger partial charge is 0.508 e. The van der Waals surface area contributed by atoms with Gasteiger partial charge < -0.3 is 44.1 Å². The number of aliphatic hydroxyl groups is 4. The van der Waals surface area contributed by atoms with Crippen LogP contribution in [0.3, 0.4) is 0 Å². The van der Waals surface area contributed by atoms with E-state index in [0.717, 1.165) is 19.2 Å². The molecule has 3 rings (SSSR count). The molecule has 0 spiro atoms. The van der Waals surface area contributed by atoms with Gasteiger partial charge >= 0.3 is 12.1 Å². The molecule has 4 N–H and O–H groups in total. The minimum absolute atomic E-state index is 0.0178. The maximum Gasteiger partial charge on any atom is 0.508 e. The quantitative estimate of drug-likeness (QED) is 0.265. The molecule has 212 valence electrons. The van der Waals surface area contributed by atoms with Crippen LogP contribution in [0.15, 0.2) is 12.1 Å². The highest BCUT2D eigenvalue weighted by Crippen LogP contribution is 2.35. The summed E-state index contributed by atoms with van der Waals surface area (Å²) in [6, 6.07) is 1.93. The number of rotatable bonds is 9. The van der Waals surface area contributed by atoms with E-state index in [0.29, 0.717) is 5.69 Å². The standard InChI is InChI=1S/C24H32F2N2O10/c1-6-35-23(32)36-10-17-18(29)19(30)21(31)24(33,37-17)38-22-14(12(4)28(27-22)11(2)3)7-13-8-15(25)20(34-5)16(26)9-13/h8-9,11,17-19,21,29-31,33H,6-7,10H2,1-5H3/t17-,18-,19+,21-,24-/m1/s1. The summed E-state index contributed by atoms with van der Waals surface area (Å²) in [5, 5.41) is 46.5. The number of methoxy groups -OCH3 is 1. The average Bonchev–Trinajstić information content (AvgIpc) is 3.14. The summed E-state index contributed by atoms with van der Waals surface area (Å²) < 4.78 is 55.2. The molecule has 14 heteroatoms. The van der Waals surface area contributed by atoms with Crippen LogP contribution in [0.25, 0.3) is 0 Å². The Morgan fingerprint density at radius 2 is 1.82 bits per heavy atom. The van der Waals surface area contributed by atoms with Gasteiger partial charge in [0.1, 0.15) is 24.9 Å². The predicted octanol–water partition coefficient (Wildman–Crippen LogP) is 1.33. The second-order valence-corrected chi connectivity index (χ2v) is 8.99. The number of benzene rings is 1. The fraction of sp³-hybridized carbons (Fsp3) is 0.583. The normalized spacial score (nSPS) is 25.4. The lowest BCUT2D eigenvalue weighted by Crippen LogP contribution is -2.67. The maximum atomic E-state index is 14.3. The molecule has 12 nitrogen and oxygen atoms in total. The number of hydrogen-bond acceptors (Lipinski definition) is 11. The highest BCUT2D eigenvalue weighted by atomic mass is 19.1. The summed E-state index contributed by atoms with van der Waals surface area (Å²) in [6.45, 7) is 6.19. The van der Waals surface area contributed by atoms with Crippen molar-refractivity contribution in [3.63, 3.8) is 0 Å². The van der Waals surface area contributed by atoms with Crippen LogP contribution in [0.4, 0.5) is 13.6 Å². The van der Waals surface area contributed by atoms with Gasteiger partial charge in [0, 0.05) is 23.7 Å². The topological polar surface area (TPSA) is 162 Å². The number of hydrogen-bond donors (Lipinski definition) is 4. The molecule has 1 aliphatic rings. The first-order valence-electron chi connectivity index (χ1n) is 11.9. The van der Waals surface area contributed by atoms with Crippen LogP contribution in [0.5, 0.6) is 11.6 Å². The third kappa shape index (κ3) is 5.99. The lowest BCUT2D eigenvalue weighted by molar-refractivity contribution is -0.423. The van der Waals surface area contributed by atoms with Crippen molar-refractivity contribution in [2.45, 2.75) is 70.5 Å². The highest BCUT2D eigenvalue weighted by Gasteiger charge is 2.56. The monoisotopic (exact) mass is 546 g/mol. The van der Waals surface area contributed by atoms with E-state index in [2.05, 4.69) is 9.84 Å². The van der Waals surface area contributed by atoms with Crippen molar-refractivity contribution in [3.8, 4) is 11.6 Å². The van der Waals surface area contributed by atoms with E-state index in [4.69, 9.17) is 18.9 Å². The number of ether oxygens (including phenoxy) is 5. The Bertz CT molecular complexity index is 1120. The van der Waals surface area contributed by atoms with E-state index < -0.39 is 60.5 Å². The Morgan fingerprint density at radius 1 is 1.18 bits per heavy atom. The number of halogens is 2. The minimum atomic E-state index is -2.96. The number of nitrogens with zero attached hydrogens (tertiary/aromatic N) is 2. The number of aliphatic hydroxyl groups excluding tert-OH is 3. The Labute approximate surface area is 217 Å². The molecule has 0 amide bonds. The van der Waals surface area contributed by atoms with Gasteiger partial charge in [-0.15, -0.1) is 5.10 Å². The van der Waals surface area contributed by atoms with Crippen LogP contribution >= 0.6 is 0 Å². The molecule has 2 heterocycles. The molecule has 0 aliphatic carbocycles. The summed E-state index contributed by atoms with van der Waals surface area (Å²) in [7, 11) is 1.14. The van der Waals surface area contributed by atoms with Gasteiger partial charge in [0.2, 0.25) is 5.88 Å². The van der Waals surface area contributed by atoms with Crippen molar-refractivity contribution in [1.82, 2.24) is 9.78 Å². The predicted molar refractivity (Wildman–Crippen MR) is 125 cm³/mol. The van der Waals surface area contributed by atoms with Gasteiger partial charge in [-0.2, -0.15) is 0 Å². The highest BCUT2D eigenvalue weighted by molar-refractivity contribution is 5.59. The zero-order valence-electron chi connectivity index (χ0n) is 21.6. The van der Waals surface area contributed by atoms with Gasteiger partial charge in [-0.1, -0.05) is 0 Å². The third-order valence-electron chi connectivity index (χ3n) is 5.99. The Kier molecular flexibility index (Phi) is 9.15. The van der Waals surface area contributed by atoms with Crippen molar-refractivity contribution < 1.29 is 57.7 Å². The molecular weight excluding hydrogens is 514 g/mol. The van der Waals surface area contributed by atoms with Crippen LogP contribution in [-0.4, -0.2) is 87.1 Å². The van der Waals surface area contributed by atoms with Gasteiger partial charge in [0.25, 0.3) is 0 Å². The molecule has 0 saturated carbocycles. The SMILES string of the molecule is CCOC(=O)OC[C@H]1O[C@@](O)(Oc2nn(C(C)C)c(C)c2Cc2cc(F)c(OC)c(F)c2)[C@H](O)[C@@H](O)[C@@H]1O. The molecule has 1 aromatic carbocycles. The van der Waals surface area contributed by atoms with E-state index in [1.54, 1.807) is 13.8 Å². The number of aromatic nitrogens is 2. The summed E-state index contributed by atoms with van der Waals surface area (Å²) in [5.74, 6) is -5.63. The van der Waals surface area contributed by atoms with Crippen LogP contribution in [-0.2, 0) is 20.6 Å². The van der Waals surface area contributed by atoms with Crippen LogP contribution in [0.2, 0.25) is 0 Å². The van der Waals surface area contributed by atoms with E-state index >= 15 is 0 Å². The number of carbonyl (C=O) groups excluding carboxylic acids is 1. The Hall–Kier alpha value is -3.04. The lowest BCUT2D eigenvalue weighted by Gasteiger charge is -2.44. The second kappa shape index (κ2) is 11.8. The van der Waals surface area contributed by atoms with E-state index in [-0.39, 0.29) is 36.1 Å². The van der Waals surface area contributed by atoms with Crippen LogP contribution in [0, 0.1) is 18.6 Å². The first-order chi connectivity index (χ1) is 17.8. The van der Waals surface area contributed by atoms with Gasteiger partial charge in [0.05, 0.1) is 13.7 Å². The molecule has 2 aromatic rings. The molecule has 1 saturated heterocycles. The summed E-state index contributed by atoms with van der Waals surface area (Å²) in [5.41, 5.74) is 0.987. The smallest absolute Gasteiger partial charge is 0.491 e. The zero-order chi connectivity index (χ0) is 28.4.